The number of carbonyl (C=O) groups excluding carboxylic acids is 2. The van der Waals surface area contributed by atoms with Crippen LogP contribution in [0, 0.1) is 17.5 Å². The smallest absolute Gasteiger partial charge is 0.313 e. The zero-order valence-corrected chi connectivity index (χ0v) is 12.8. The summed E-state index contributed by atoms with van der Waals surface area (Å²) in [6, 6.07) is 5.27. The molecule has 0 aliphatic carbocycles. The van der Waals surface area contributed by atoms with Gasteiger partial charge in [-0.3, -0.25) is 9.59 Å². The second kappa shape index (κ2) is 7.28. The number of thiophene rings is 1. The van der Waals surface area contributed by atoms with Crippen LogP contribution in [0.4, 0.5) is 18.9 Å². The second-order valence-electron chi connectivity index (χ2n) is 4.80. The minimum Gasteiger partial charge on any atom is -0.347 e. The molecule has 0 saturated carbocycles. The molecule has 0 fully saturated rings. The van der Waals surface area contributed by atoms with Crippen LogP contribution in [0.5, 0.6) is 0 Å². The summed E-state index contributed by atoms with van der Waals surface area (Å²) in [5.41, 5.74) is -0.602. The van der Waals surface area contributed by atoms with Crippen LogP contribution >= 0.6 is 11.3 Å². The number of anilines is 1. The van der Waals surface area contributed by atoms with Crippen molar-refractivity contribution in [3.8, 4) is 0 Å². The van der Waals surface area contributed by atoms with Gasteiger partial charge in [0.05, 0.1) is 5.69 Å². The summed E-state index contributed by atoms with van der Waals surface area (Å²) in [6.07, 6.45) is 0. The minimum absolute atomic E-state index is 0.00625. The van der Waals surface area contributed by atoms with E-state index in [0.29, 0.717) is 6.07 Å². The van der Waals surface area contributed by atoms with Gasteiger partial charge in [0, 0.05) is 17.3 Å². The van der Waals surface area contributed by atoms with Crippen molar-refractivity contribution in [1.82, 2.24) is 5.32 Å². The Kier molecular flexibility index (Phi) is 5.38. The zero-order valence-electron chi connectivity index (χ0n) is 12.0. The van der Waals surface area contributed by atoms with Gasteiger partial charge in [0.1, 0.15) is 0 Å². The second-order valence-corrected chi connectivity index (χ2v) is 5.78. The van der Waals surface area contributed by atoms with Crippen molar-refractivity contribution in [2.45, 2.75) is 12.8 Å². The molecule has 122 valence electrons. The first-order chi connectivity index (χ1) is 10.9. The van der Waals surface area contributed by atoms with Gasteiger partial charge in [-0.15, -0.1) is 11.3 Å². The molecule has 0 unspecified atom stereocenters. The van der Waals surface area contributed by atoms with Crippen LogP contribution in [0.1, 0.15) is 17.7 Å². The number of hydrogen-bond donors (Lipinski definition) is 2. The molecule has 1 atom stereocenters. The topological polar surface area (TPSA) is 58.2 Å². The fraction of sp³-hybridized carbons (Fsp3) is 0.200. The SMILES string of the molecule is C[C@H](CNC(=O)C(=O)Nc1ccc(F)c(F)c1F)c1cccs1. The fourth-order valence-corrected chi connectivity index (χ4v) is 2.59. The number of carbonyl (C=O) groups is 2. The summed E-state index contributed by atoms with van der Waals surface area (Å²) in [7, 11) is 0. The third-order valence-corrected chi connectivity index (χ3v) is 4.19. The zero-order chi connectivity index (χ0) is 17.0. The maximum absolute atomic E-state index is 13.4. The van der Waals surface area contributed by atoms with Gasteiger partial charge in [-0.05, 0) is 23.6 Å². The Morgan fingerprint density at radius 3 is 2.52 bits per heavy atom. The van der Waals surface area contributed by atoms with Crippen LogP contribution in [-0.2, 0) is 9.59 Å². The molecule has 1 aromatic carbocycles. The quantitative estimate of drug-likeness (QED) is 0.663. The molecule has 0 aliphatic rings. The van der Waals surface area contributed by atoms with Gasteiger partial charge < -0.3 is 10.6 Å². The van der Waals surface area contributed by atoms with E-state index in [9.17, 15) is 22.8 Å². The standard InChI is InChI=1S/C15H13F3N2O2S/c1-8(11-3-2-6-23-11)7-19-14(21)15(22)20-10-5-4-9(16)12(17)13(10)18/h2-6,8H,7H2,1H3,(H,19,21)(H,20,22)/t8-/m1/s1. The van der Waals surface area contributed by atoms with Gasteiger partial charge in [-0.1, -0.05) is 13.0 Å². The molecule has 0 spiro atoms. The molecule has 0 aliphatic heterocycles. The average molecular weight is 342 g/mol. The third-order valence-electron chi connectivity index (χ3n) is 3.09. The largest absolute Gasteiger partial charge is 0.347 e. The fourth-order valence-electron chi connectivity index (χ4n) is 1.80. The predicted molar refractivity (Wildman–Crippen MR) is 80.7 cm³/mol. The number of halogens is 3. The summed E-state index contributed by atoms with van der Waals surface area (Å²) < 4.78 is 39.3. The lowest BCUT2D eigenvalue weighted by Gasteiger charge is -2.11. The molecule has 23 heavy (non-hydrogen) atoms. The van der Waals surface area contributed by atoms with Gasteiger partial charge in [0.15, 0.2) is 17.5 Å². The van der Waals surface area contributed by atoms with Gasteiger partial charge in [-0.2, -0.15) is 0 Å². The van der Waals surface area contributed by atoms with Crippen LogP contribution in [0.2, 0.25) is 0 Å². The van der Waals surface area contributed by atoms with Gasteiger partial charge >= 0.3 is 11.8 Å². The summed E-state index contributed by atoms with van der Waals surface area (Å²) in [5.74, 6) is -6.79. The van der Waals surface area contributed by atoms with Gasteiger partial charge in [-0.25, -0.2) is 13.2 Å². The normalized spacial score (nSPS) is 11.8. The van der Waals surface area contributed by atoms with E-state index in [1.54, 1.807) is 0 Å². The molecular formula is C15H13F3N2O2S. The van der Waals surface area contributed by atoms with E-state index >= 15 is 0 Å². The summed E-state index contributed by atoms with van der Waals surface area (Å²) in [6.45, 7) is 2.09. The lowest BCUT2D eigenvalue weighted by molar-refractivity contribution is -0.136. The molecule has 4 nitrogen and oxygen atoms in total. The Balaban J connectivity index is 1.93. The van der Waals surface area contributed by atoms with Crippen LogP contribution < -0.4 is 10.6 Å². The number of hydrogen-bond acceptors (Lipinski definition) is 3. The highest BCUT2D eigenvalue weighted by Gasteiger charge is 2.19. The Morgan fingerprint density at radius 2 is 1.87 bits per heavy atom. The summed E-state index contributed by atoms with van der Waals surface area (Å²) in [5, 5.41) is 6.20. The Labute approximate surface area is 134 Å². The van der Waals surface area contributed by atoms with Crippen molar-refractivity contribution in [2.24, 2.45) is 0 Å². The Morgan fingerprint density at radius 1 is 1.13 bits per heavy atom. The van der Waals surface area contributed by atoms with Crippen LogP contribution in [0.25, 0.3) is 0 Å². The van der Waals surface area contributed by atoms with E-state index in [1.165, 1.54) is 11.3 Å². The van der Waals surface area contributed by atoms with Gasteiger partial charge in [0.2, 0.25) is 0 Å². The average Bonchev–Trinajstić information content (AvgIpc) is 3.07. The third kappa shape index (κ3) is 4.10. The van der Waals surface area contributed by atoms with Crippen molar-refractivity contribution in [3.63, 3.8) is 0 Å². The number of nitrogens with one attached hydrogen (secondary N) is 2. The molecular weight excluding hydrogens is 329 g/mol. The highest BCUT2D eigenvalue weighted by molar-refractivity contribution is 7.10. The highest BCUT2D eigenvalue weighted by atomic mass is 32.1. The summed E-state index contributed by atoms with van der Waals surface area (Å²) >= 11 is 1.52. The lowest BCUT2D eigenvalue weighted by Crippen LogP contribution is -2.37. The van der Waals surface area contributed by atoms with Crippen LogP contribution in [-0.4, -0.2) is 18.4 Å². The van der Waals surface area contributed by atoms with Gasteiger partial charge in [0.25, 0.3) is 0 Å². The summed E-state index contributed by atoms with van der Waals surface area (Å²) in [4.78, 5) is 24.4. The van der Waals surface area contributed by atoms with Crippen molar-refractivity contribution in [2.75, 3.05) is 11.9 Å². The lowest BCUT2D eigenvalue weighted by atomic mass is 10.1. The first-order valence-corrected chi connectivity index (χ1v) is 7.54. The van der Waals surface area contributed by atoms with E-state index in [2.05, 4.69) is 5.32 Å². The van der Waals surface area contributed by atoms with E-state index < -0.39 is 35.0 Å². The van der Waals surface area contributed by atoms with Crippen LogP contribution in [0.15, 0.2) is 29.6 Å². The number of benzene rings is 1. The van der Waals surface area contributed by atoms with E-state index in [-0.39, 0.29) is 12.5 Å². The first kappa shape index (κ1) is 17.0. The molecule has 8 heteroatoms. The maximum Gasteiger partial charge on any atom is 0.313 e. The van der Waals surface area contributed by atoms with Crippen LogP contribution in [0.3, 0.4) is 0 Å². The van der Waals surface area contributed by atoms with Crippen molar-refractivity contribution < 1.29 is 22.8 Å². The molecule has 2 rings (SSSR count). The molecule has 0 bridgehead atoms. The Hall–Kier alpha value is -2.35. The van der Waals surface area contributed by atoms with E-state index in [1.807, 2.05) is 29.8 Å². The molecule has 2 N–H and O–H groups in total. The molecule has 2 aromatic rings. The first-order valence-electron chi connectivity index (χ1n) is 6.66. The van der Waals surface area contributed by atoms with Crippen molar-refractivity contribution >= 4 is 28.8 Å². The highest BCUT2D eigenvalue weighted by Crippen LogP contribution is 2.20. The molecule has 0 radical (unpaired) electrons. The molecule has 2 amide bonds. The van der Waals surface area contributed by atoms with E-state index in [4.69, 9.17) is 0 Å². The van der Waals surface area contributed by atoms with E-state index in [0.717, 1.165) is 10.9 Å². The monoisotopic (exact) mass is 342 g/mol. The molecule has 1 heterocycles. The number of rotatable bonds is 4. The molecule has 0 saturated heterocycles. The predicted octanol–water partition coefficient (Wildman–Crippen LogP) is 3.02. The van der Waals surface area contributed by atoms with Crippen molar-refractivity contribution in [1.29, 1.82) is 0 Å². The minimum atomic E-state index is -1.71. The van der Waals surface area contributed by atoms with Crippen molar-refractivity contribution in [3.05, 3.63) is 52.0 Å². The number of amides is 2. The molecule has 1 aromatic heterocycles. The Bertz CT molecular complexity index is 720. The maximum atomic E-state index is 13.4.